The maximum absolute atomic E-state index is 13.6. The highest BCUT2D eigenvalue weighted by atomic mass is 19.1. The van der Waals surface area contributed by atoms with Crippen LogP contribution in [0.4, 0.5) is 10.1 Å². The van der Waals surface area contributed by atoms with Crippen LogP contribution in [-0.4, -0.2) is 29.7 Å². The molecule has 2 N–H and O–H groups in total. The number of carbonyl (C=O) groups is 2. The van der Waals surface area contributed by atoms with Crippen molar-refractivity contribution in [1.82, 2.24) is 0 Å². The van der Waals surface area contributed by atoms with E-state index in [-0.39, 0.29) is 29.2 Å². The summed E-state index contributed by atoms with van der Waals surface area (Å²) < 4.78 is 18.9. The van der Waals surface area contributed by atoms with Crippen molar-refractivity contribution in [2.75, 3.05) is 11.9 Å². The number of carboxylic acids is 1. The van der Waals surface area contributed by atoms with E-state index in [2.05, 4.69) is 5.32 Å². The zero-order chi connectivity index (χ0) is 14.0. The predicted octanol–water partition coefficient (Wildman–Crippen LogP) is 1.89. The Morgan fingerprint density at radius 1 is 1.47 bits per heavy atom. The number of carboxylic acid groups (broad SMARTS) is 1. The highest BCUT2D eigenvalue weighted by molar-refractivity contribution is 5.94. The maximum atomic E-state index is 13.6. The van der Waals surface area contributed by atoms with Crippen LogP contribution in [0.5, 0.6) is 0 Å². The molecule has 0 spiro atoms. The molecule has 6 heteroatoms. The molecule has 0 aliphatic carbocycles. The number of benzene rings is 1. The summed E-state index contributed by atoms with van der Waals surface area (Å²) in [4.78, 5) is 22.6. The van der Waals surface area contributed by atoms with Crippen molar-refractivity contribution in [3.05, 3.63) is 29.6 Å². The number of hydrogen-bond donors (Lipinski definition) is 2. The standard InChI is InChI=1S/C13H14FNO4/c1-7-9(4-5-19-7)12(16)15-11-3-2-8(13(17)18)6-10(11)14/h2-3,6-7,9H,4-5H2,1H3,(H,15,16)(H,17,18). The minimum atomic E-state index is -1.21. The molecule has 0 radical (unpaired) electrons. The van der Waals surface area contributed by atoms with Crippen LogP contribution >= 0.6 is 0 Å². The zero-order valence-electron chi connectivity index (χ0n) is 10.4. The van der Waals surface area contributed by atoms with Gasteiger partial charge in [0.05, 0.1) is 23.3 Å². The van der Waals surface area contributed by atoms with Crippen LogP contribution in [0, 0.1) is 11.7 Å². The first-order chi connectivity index (χ1) is 8.99. The molecule has 2 unspecified atom stereocenters. The Bertz CT molecular complexity index is 517. The molecule has 1 aliphatic rings. The van der Waals surface area contributed by atoms with Gasteiger partial charge >= 0.3 is 5.97 Å². The van der Waals surface area contributed by atoms with E-state index in [9.17, 15) is 14.0 Å². The van der Waals surface area contributed by atoms with E-state index in [1.54, 1.807) is 6.92 Å². The second kappa shape index (κ2) is 5.36. The predicted molar refractivity (Wildman–Crippen MR) is 65.5 cm³/mol. The van der Waals surface area contributed by atoms with Gasteiger partial charge in [0.1, 0.15) is 5.82 Å². The third kappa shape index (κ3) is 2.90. The van der Waals surface area contributed by atoms with Crippen LogP contribution in [0.15, 0.2) is 18.2 Å². The summed E-state index contributed by atoms with van der Waals surface area (Å²) in [6.07, 6.45) is 0.406. The number of amides is 1. The van der Waals surface area contributed by atoms with E-state index in [0.29, 0.717) is 13.0 Å². The molecule has 2 rings (SSSR count). The number of nitrogens with one attached hydrogen (secondary N) is 1. The molecular weight excluding hydrogens is 253 g/mol. The van der Waals surface area contributed by atoms with Gasteiger partial charge in [0, 0.05) is 6.61 Å². The van der Waals surface area contributed by atoms with Crippen LogP contribution in [0.2, 0.25) is 0 Å². The van der Waals surface area contributed by atoms with Gasteiger partial charge in [-0.2, -0.15) is 0 Å². The minimum Gasteiger partial charge on any atom is -0.478 e. The lowest BCUT2D eigenvalue weighted by molar-refractivity contribution is -0.121. The summed E-state index contributed by atoms with van der Waals surface area (Å²) in [6, 6.07) is 3.37. The Labute approximate surface area is 109 Å². The third-order valence-electron chi connectivity index (χ3n) is 3.19. The van der Waals surface area contributed by atoms with Gasteiger partial charge in [0.2, 0.25) is 5.91 Å². The van der Waals surface area contributed by atoms with E-state index in [1.165, 1.54) is 12.1 Å². The van der Waals surface area contributed by atoms with Gasteiger partial charge in [-0.25, -0.2) is 9.18 Å². The van der Waals surface area contributed by atoms with Crippen LogP contribution in [0.1, 0.15) is 23.7 Å². The number of aromatic carboxylic acids is 1. The molecule has 1 aromatic carbocycles. The lowest BCUT2D eigenvalue weighted by atomic mass is 10.0. The average Bonchev–Trinajstić information content (AvgIpc) is 2.77. The first-order valence-corrected chi connectivity index (χ1v) is 5.94. The smallest absolute Gasteiger partial charge is 0.335 e. The highest BCUT2D eigenvalue weighted by Crippen LogP contribution is 2.23. The fourth-order valence-corrected chi connectivity index (χ4v) is 2.05. The molecule has 1 heterocycles. The zero-order valence-corrected chi connectivity index (χ0v) is 10.4. The Balaban J connectivity index is 2.11. The minimum absolute atomic E-state index is 0.0194. The summed E-state index contributed by atoms with van der Waals surface area (Å²) in [7, 11) is 0. The molecule has 0 saturated carbocycles. The third-order valence-corrected chi connectivity index (χ3v) is 3.19. The van der Waals surface area contributed by atoms with Gasteiger partial charge in [0.15, 0.2) is 0 Å². The average molecular weight is 267 g/mol. The molecule has 0 bridgehead atoms. The molecule has 1 saturated heterocycles. The first-order valence-electron chi connectivity index (χ1n) is 5.94. The molecule has 0 aromatic heterocycles. The number of ether oxygens (including phenoxy) is 1. The second-order valence-corrected chi connectivity index (χ2v) is 4.46. The monoisotopic (exact) mass is 267 g/mol. The molecule has 1 aliphatic heterocycles. The van der Waals surface area contributed by atoms with E-state index in [1.807, 2.05) is 0 Å². The quantitative estimate of drug-likeness (QED) is 0.876. The van der Waals surface area contributed by atoms with Gasteiger partial charge in [-0.1, -0.05) is 0 Å². The Kier molecular flexibility index (Phi) is 3.80. The topological polar surface area (TPSA) is 75.6 Å². The number of carbonyl (C=O) groups excluding carboxylic acids is 1. The SMILES string of the molecule is CC1OCCC1C(=O)Nc1ccc(C(=O)O)cc1F. The summed E-state index contributed by atoms with van der Waals surface area (Å²) >= 11 is 0. The summed E-state index contributed by atoms with van der Waals surface area (Å²) in [5, 5.41) is 11.2. The number of halogens is 1. The van der Waals surface area contributed by atoms with Crippen molar-refractivity contribution in [2.45, 2.75) is 19.4 Å². The molecule has 1 fully saturated rings. The van der Waals surface area contributed by atoms with Crippen molar-refractivity contribution in [3.63, 3.8) is 0 Å². The Morgan fingerprint density at radius 3 is 2.74 bits per heavy atom. The van der Waals surface area contributed by atoms with Gasteiger partial charge in [-0.15, -0.1) is 0 Å². The molecule has 1 aromatic rings. The largest absolute Gasteiger partial charge is 0.478 e. The molecule has 19 heavy (non-hydrogen) atoms. The lowest BCUT2D eigenvalue weighted by Gasteiger charge is -2.14. The van der Waals surface area contributed by atoms with Gasteiger partial charge in [0.25, 0.3) is 0 Å². The summed E-state index contributed by atoms with van der Waals surface area (Å²) in [5.74, 6) is -2.60. The Morgan fingerprint density at radius 2 is 2.21 bits per heavy atom. The normalized spacial score (nSPS) is 22.2. The van der Waals surface area contributed by atoms with Crippen LogP contribution in [0.25, 0.3) is 0 Å². The van der Waals surface area contributed by atoms with Crippen LogP contribution < -0.4 is 5.32 Å². The molecule has 102 valence electrons. The number of rotatable bonds is 3. The van der Waals surface area contributed by atoms with Crippen LogP contribution in [0.3, 0.4) is 0 Å². The van der Waals surface area contributed by atoms with Gasteiger partial charge in [-0.3, -0.25) is 4.79 Å². The van der Waals surface area contributed by atoms with Crippen molar-refractivity contribution in [3.8, 4) is 0 Å². The van der Waals surface area contributed by atoms with Gasteiger partial charge in [-0.05, 0) is 31.5 Å². The maximum Gasteiger partial charge on any atom is 0.335 e. The highest BCUT2D eigenvalue weighted by Gasteiger charge is 2.31. The Hall–Kier alpha value is -1.95. The van der Waals surface area contributed by atoms with Crippen molar-refractivity contribution in [1.29, 1.82) is 0 Å². The van der Waals surface area contributed by atoms with Crippen LogP contribution in [-0.2, 0) is 9.53 Å². The van der Waals surface area contributed by atoms with E-state index < -0.39 is 11.8 Å². The fraction of sp³-hybridized carbons (Fsp3) is 0.385. The summed E-state index contributed by atoms with van der Waals surface area (Å²) in [6.45, 7) is 2.31. The van der Waals surface area contributed by atoms with Crippen molar-refractivity contribution < 1.29 is 23.8 Å². The molecule has 5 nitrogen and oxygen atoms in total. The molecule has 2 atom stereocenters. The first kappa shape index (κ1) is 13.5. The fourth-order valence-electron chi connectivity index (χ4n) is 2.05. The second-order valence-electron chi connectivity index (χ2n) is 4.46. The number of hydrogen-bond acceptors (Lipinski definition) is 3. The summed E-state index contributed by atoms with van der Waals surface area (Å²) in [5.41, 5.74) is -0.179. The molecular formula is C13H14FNO4. The van der Waals surface area contributed by atoms with Gasteiger partial charge < -0.3 is 15.2 Å². The number of anilines is 1. The molecule has 1 amide bonds. The lowest BCUT2D eigenvalue weighted by Crippen LogP contribution is -2.28. The van der Waals surface area contributed by atoms with E-state index in [0.717, 1.165) is 6.07 Å². The van der Waals surface area contributed by atoms with E-state index in [4.69, 9.17) is 9.84 Å². The van der Waals surface area contributed by atoms with Crippen molar-refractivity contribution in [2.24, 2.45) is 5.92 Å². The van der Waals surface area contributed by atoms with Crippen molar-refractivity contribution >= 4 is 17.6 Å². The van der Waals surface area contributed by atoms with E-state index >= 15 is 0 Å².